The Bertz CT molecular complexity index is 1110. The maximum absolute atomic E-state index is 14.4. The van der Waals surface area contributed by atoms with Crippen molar-refractivity contribution < 1.29 is 23.9 Å². The van der Waals surface area contributed by atoms with E-state index in [0.717, 1.165) is 64.2 Å². The molecule has 2 saturated carbocycles. The maximum atomic E-state index is 14.4. The lowest BCUT2D eigenvalue weighted by Gasteiger charge is -2.38. The molecule has 39 heavy (non-hydrogen) atoms. The van der Waals surface area contributed by atoms with Crippen LogP contribution >= 0.6 is 0 Å². The number of hydrogen-bond donors (Lipinski definition) is 2. The molecule has 8 nitrogen and oxygen atoms in total. The average molecular weight is 536 g/mol. The number of anilines is 1. The fourth-order valence-corrected chi connectivity index (χ4v) is 7.74. The summed E-state index contributed by atoms with van der Waals surface area (Å²) in [5, 5.41) is 6.30. The van der Waals surface area contributed by atoms with E-state index in [1.54, 1.807) is 31.4 Å². The van der Waals surface area contributed by atoms with Gasteiger partial charge in [-0.05, 0) is 49.9 Å². The van der Waals surface area contributed by atoms with Gasteiger partial charge in [-0.25, -0.2) is 0 Å². The van der Waals surface area contributed by atoms with Crippen molar-refractivity contribution in [3.8, 4) is 5.75 Å². The van der Waals surface area contributed by atoms with Crippen molar-refractivity contribution in [2.75, 3.05) is 12.4 Å². The van der Waals surface area contributed by atoms with Gasteiger partial charge in [-0.15, -0.1) is 0 Å². The Morgan fingerprint density at radius 2 is 1.56 bits per heavy atom. The van der Waals surface area contributed by atoms with Crippen LogP contribution in [0.15, 0.2) is 36.4 Å². The van der Waals surface area contributed by atoms with Crippen LogP contribution in [0.5, 0.6) is 5.75 Å². The van der Waals surface area contributed by atoms with Crippen LogP contribution in [0.25, 0.3) is 0 Å². The monoisotopic (exact) mass is 535 g/mol. The largest absolute Gasteiger partial charge is 0.497 e. The maximum Gasteiger partial charge on any atom is 0.246 e. The third kappa shape index (κ3) is 4.75. The first-order valence-electron chi connectivity index (χ1n) is 15.0. The number of methoxy groups -OCH3 is 1. The minimum absolute atomic E-state index is 0.0127. The van der Waals surface area contributed by atoms with Gasteiger partial charge in [0.05, 0.1) is 25.0 Å². The lowest BCUT2D eigenvalue weighted by molar-refractivity contribution is -0.144. The van der Waals surface area contributed by atoms with E-state index in [0.29, 0.717) is 11.4 Å². The van der Waals surface area contributed by atoms with Crippen LogP contribution in [0.2, 0.25) is 0 Å². The smallest absolute Gasteiger partial charge is 0.246 e. The first-order valence-corrected chi connectivity index (χ1v) is 15.0. The van der Waals surface area contributed by atoms with E-state index in [9.17, 15) is 14.4 Å². The van der Waals surface area contributed by atoms with Crippen molar-refractivity contribution in [3.05, 3.63) is 36.4 Å². The molecular weight excluding hydrogens is 494 g/mol. The zero-order valence-electron chi connectivity index (χ0n) is 22.9. The van der Waals surface area contributed by atoms with E-state index >= 15 is 0 Å². The van der Waals surface area contributed by atoms with Crippen LogP contribution < -0.4 is 15.4 Å². The van der Waals surface area contributed by atoms with Crippen molar-refractivity contribution >= 4 is 23.4 Å². The second kappa shape index (κ2) is 11.0. The zero-order valence-corrected chi connectivity index (χ0v) is 22.9. The molecular formula is C31H41N3O5. The van der Waals surface area contributed by atoms with Crippen molar-refractivity contribution in [1.82, 2.24) is 10.2 Å². The van der Waals surface area contributed by atoms with E-state index < -0.39 is 29.6 Å². The number of hydrogen-bond acceptors (Lipinski definition) is 5. The highest BCUT2D eigenvalue weighted by Gasteiger charge is 2.73. The van der Waals surface area contributed by atoms with Crippen LogP contribution in [0.1, 0.15) is 77.0 Å². The molecule has 4 fully saturated rings. The molecule has 5 atom stereocenters. The number of carbonyl (C=O) groups is 3. The number of amides is 3. The molecule has 6 rings (SSSR count). The minimum atomic E-state index is -1.11. The van der Waals surface area contributed by atoms with Crippen LogP contribution in [-0.2, 0) is 19.1 Å². The molecule has 1 aromatic rings. The highest BCUT2D eigenvalue weighted by molar-refractivity contribution is 6.03. The summed E-state index contributed by atoms with van der Waals surface area (Å²) in [6.45, 7) is 0. The van der Waals surface area contributed by atoms with Crippen molar-refractivity contribution in [2.24, 2.45) is 11.8 Å². The number of rotatable bonds is 6. The van der Waals surface area contributed by atoms with Gasteiger partial charge in [0.25, 0.3) is 0 Å². The predicted octanol–water partition coefficient (Wildman–Crippen LogP) is 4.35. The fraction of sp³-hybridized carbons (Fsp3) is 0.645. The van der Waals surface area contributed by atoms with Crippen molar-refractivity contribution in [3.63, 3.8) is 0 Å². The van der Waals surface area contributed by atoms with Crippen molar-refractivity contribution in [2.45, 2.75) is 107 Å². The van der Waals surface area contributed by atoms with Gasteiger partial charge in [0, 0.05) is 17.8 Å². The Morgan fingerprint density at radius 3 is 2.26 bits per heavy atom. The van der Waals surface area contributed by atoms with E-state index in [1.165, 1.54) is 12.8 Å². The summed E-state index contributed by atoms with van der Waals surface area (Å²) in [6.07, 6.45) is 16.0. The molecule has 3 unspecified atom stereocenters. The van der Waals surface area contributed by atoms with Gasteiger partial charge < -0.3 is 25.0 Å². The summed E-state index contributed by atoms with van der Waals surface area (Å²) in [5.74, 6) is -1.18. The Labute approximate surface area is 230 Å². The van der Waals surface area contributed by atoms with Gasteiger partial charge in [-0.1, -0.05) is 63.5 Å². The molecule has 1 spiro atoms. The van der Waals surface area contributed by atoms with Gasteiger partial charge in [0.1, 0.15) is 17.4 Å². The SMILES string of the molecule is COc1ccc(NC(=O)C2[C@H]3C=CC4(O3)C(C(=O)NC3CCCCC3)N(C3CCCCCCC3)C(=O)[C@@H]24)cc1. The minimum Gasteiger partial charge on any atom is -0.497 e. The molecule has 0 radical (unpaired) electrons. The number of nitrogens with one attached hydrogen (secondary N) is 2. The first-order chi connectivity index (χ1) is 19.0. The summed E-state index contributed by atoms with van der Waals surface area (Å²) >= 11 is 0. The van der Waals surface area contributed by atoms with Gasteiger partial charge >= 0.3 is 0 Å². The Kier molecular flexibility index (Phi) is 7.40. The van der Waals surface area contributed by atoms with Crippen LogP contribution in [-0.4, -0.2) is 59.6 Å². The van der Waals surface area contributed by atoms with E-state index in [1.807, 2.05) is 17.1 Å². The summed E-state index contributed by atoms with van der Waals surface area (Å²) in [6, 6.07) is 6.52. The lowest BCUT2D eigenvalue weighted by Crippen LogP contribution is -2.58. The molecule has 2 saturated heterocycles. The Balaban J connectivity index is 1.30. The quantitative estimate of drug-likeness (QED) is 0.528. The Hall–Kier alpha value is -2.87. The van der Waals surface area contributed by atoms with Crippen LogP contribution in [0.3, 0.4) is 0 Å². The summed E-state index contributed by atoms with van der Waals surface area (Å²) < 4.78 is 11.8. The van der Waals surface area contributed by atoms with Crippen molar-refractivity contribution in [1.29, 1.82) is 0 Å². The predicted molar refractivity (Wildman–Crippen MR) is 147 cm³/mol. The normalized spacial score (nSPS) is 32.9. The number of fused-ring (bicyclic) bond motifs is 1. The summed E-state index contributed by atoms with van der Waals surface area (Å²) in [7, 11) is 1.60. The molecule has 210 valence electrons. The second-order valence-electron chi connectivity index (χ2n) is 12.0. The molecule has 2 bridgehead atoms. The first kappa shape index (κ1) is 26.4. The van der Waals surface area contributed by atoms with E-state index in [4.69, 9.17) is 9.47 Å². The van der Waals surface area contributed by atoms with Crippen LogP contribution in [0.4, 0.5) is 5.69 Å². The summed E-state index contributed by atoms with van der Waals surface area (Å²) in [4.78, 5) is 44.0. The molecule has 5 aliphatic rings. The lowest BCUT2D eigenvalue weighted by atomic mass is 9.74. The highest BCUT2D eigenvalue weighted by atomic mass is 16.5. The van der Waals surface area contributed by atoms with Gasteiger partial charge in [0.2, 0.25) is 17.7 Å². The highest BCUT2D eigenvalue weighted by Crippen LogP contribution is 2.56. The standard InChI is InChI=1S/C31H41N3O5/c1-38-23-16-14-21(15-17-23)32-28(35)25-24-18-19-31(39-24)26(25)30(37)34(22-12-8-3-2-4-9-13-22)27(31)29(36)33-20-10-6-5-7-11-20/h14-20,22,24-27H,2-13H2,1H3,(H,32,35)(H,33,36)/t24-,25?,26-,27?,31?/m1/s1. The molecule has 3 amide bonds. The Morgan fingerprint density at radius 1 is 0.923 bits per heavy atom. The number of ether oxygens (including phenoxy) is 2. The number of carbonyl (C=O) groups excluding carboxylic acids is 3. The van der Waals surface area contributed by atoms with Gasteiger partial charge in [-0.3, -0.25) is 14.4 Å². The molecule has 0 aromatic heterocycles. The summed E-state index contributed by atoms with van der Waals surface area (Å²) in [5.41, 5.74) is -0.472. The molecule has 8 heteroatoms. The third-order valence-electron chi connectivity index (χ3n) is 9.64. The van der Waals surface area contributed by atoms with Gasteiger partial charge in [-0.2, -0.15) is 0 Å². The third-order valence-corrected chi connectivity index (χ3v) is 9.64. The number of nitrogens with zero attached hydrogens (tertiary/aromatic N) is 1. The molecule has 3 aliphatic heterocycles. The fourth-order valence-electron chi connectivity index (χ4n) is 7.74. The van der Waals surface area contributed by atoms with Crippen LogP contribution in [0, 0.1) is 11.8 Å². The van der Waals surface area contributed by atoms with E-state index in [-0.39, 0.29) is 29.8 Å². The average Bonchev–Trinajstić information content (AvgIpc) is 3.57. The number of likely N-dealkylation sites (tertiary alicyclic amines) is 1. The molecule has 3 heterocycles. The second-order valence-corrected chi connectivity index (χ2v) is 12.0. The molecule has 2 N–H and O–H groups in total. The molecule has 1 aromatic carbocycles. The van der Waals surface area contributed by atoms with E-state index in [2.05, 4.69) is 10.6 Å². The zero-order chi connectivity index (χ0) is 27.0. The molecule has 2 aliphatic carbocycles. The topological polar surface area (TPSA) is 97.0 Å². The van der Waals surface area contributed by atoms with Gasteiger partial charge in [0.15, 0.2) is 0 Å². The number of benzene rings is 1.